The average Bonchev–Trinajstić information content (AvgIpc) is 2.18. The number of anilines is 1. The van der Waals surface area contributed by atoms with Crippen molar-refractivity contribution in [2.24, 2.45) is 5.11 Å². The molecule has 0 aliphatic rings. The first-order chi connectivity index (χ1) is 7.13. The monoisotopic (exact) mass is 221 g/mol. The smallest absolute Gasteiger partial charge is 0.184 e. The van der Waals surface area contributed by atoms with Crippen LogP contribution in [0.2, 0.25) is 0 Å². The number of azide groups is 1. The SMILES string of the molecule is Cc1cccc(NN(C)C(=S)N=[N+]=[N-])c1. The van der Waals surface area contributed by atoms with Crippen LogP contribution in [0.15, 0.2) is 29.4 Å². The van der Waals surface area contributed by atoms with Gasteiger partial charge in [-0.15, -0.1) is 0 Å². The third kappa shape index (κ3) is 3.46. The Labute approximate surface area is 93.3 Å². The normalized spacial score (nSPS) is 8.93. The number of hydrogen-bond acceptors (Lipinski definition) is 2. The van der Waals surface area contributed by atoms with Crippen LogP contribution < -0.4 is 5.43 Å². The molecule has 0 heterocycles. The summed E-state index contributed by atoms with van der Waals surface area (Å²) in [6, 6.07) is 7.80. The lowest BCUT2D eigenvalue weighted by Gasteiger charge is -2.19. The maximum absolute atomic E-state index is 8.21. The summed E-state index contributed by atoms with van der Waals surface area (Å²) in [6.45, 7) is 2.00. The van der Waals surface area contributed by atoms with Crippen molar-refractivity contribution in [1.82, 2.24) is 5.01 Å². The Morgan fingerprint density at radius 3 is 2.93 bits per heavy atom. The maximum atomic E-state index is 8.21. The van der Waals surface area contributed by atoms with E-state index < -0.39 is 0 Å². The molecule has 0 aliphatic carbocycles. The van der Waals surface area contributed by atoms with Gasteiger partial charge in [-0.2, -0.15) is 0 Å². The van der Waals surface area contributed by atoms with Gasteiger partial charge in [0.05, 0.1) is 5.69 Å². The lowest BCUT2D eigenvalue weighted by molar-refractivity contribution is 0.613. The molecular weight excluding hydrogens is 210 g/mol. The minimum atomic E-state index is 0.152. The third-order valence-corrected chi connectivity index (χ3v) is 2.09. The van der Waals surface area contributed by atoms with Crippen molar-refractivity contribution in [1.29, 1.82) is 0 Å². The van der Waals surface area contributed by atoms with Crippen LogP contribution in [0.4, 0.5) is 5.69 Å². The van der Waals surface area contributed by atoms with Crippen LogP contribution in [0.1, 0.15) is 5.56 Å². The molecule has 0 atom stereocenters. The Balaban J connectivity index is 2.70. The fraction of sp³-hybridized carbons (Fsp3) is 0.222. The molecule has 0 fully saturated rings. The van der Waals surface area contributed by atoms with E-state index in [1.54, 1.807) is 7.05 Å². The third-order valence-electron chi connectivity index (χ3n) is 1.73. The van der Waals surface area contributed by atoms with Gasteiger partial charge < -0.3 is 0 Å². The van der Waals surface area contributed by atoms with E-state index in [4.69, 9.17) is 17.7 Å². The molecule has 6 heteroatoms. The van der Waals surface area contributed by atoms with Crippen LogP contribution >= 0.6 is 12.2 Å². The van der Waals surface area contributed by atoms with Crippen LogP contribution in [0.25, 0.3) is 10.4 Å². The standard InChI is InChI=1S/C9H11N5S/c1-7-4-3-5-8(6-7)12-14(2)9(15)11-13-10/h3-6,12H,1-2H3. The summed E-state index contributed by atoms with van der Waals surface area (Å²) >= 11 is 4.85. The minimum absolute atomic E-state index is 0.152. The highest BCUT2D eigenvalue weighted by atomic mass is 32.1. The Kier molecular flexibility index (Phi) is 3.91. The van der Waals surface area contributed by atoms with Crippen molar-refractivity contribution in [3.05, 3.63) is 40.3 Å². The highest BCUT2D eigenvalue weighted by Crippen LogP contribution is 2.10. The molecule has 0 spiro atoms. The van der Waals surface area contributed by atoms with Crippen molar-refractivity contribution < 1.29 is 0 Å². The number of aryl methyl sites for hydroxylation is 1. The molecule has 0 amide bonds. The molecule has 78 valence electrons. The summed E-state index contributed by atoms with van der Waals surface area (Å²) in [4.78, 5) is 2.62. The van der Waals surface area contributed by atoms with Crippen molar-refractivity contribution in [2.75, 3.05) is 12.5 Å². The van der Waals surface area contributed by atoms with E-state index in [1.807, 2.05) is 31.2 Å². The second-order valence-corrected chi connectivity index (χ2v) is 3.38. The van der Waals surface area contributed by atoms with Crippen molar-refractivity contribution in [3.8, 4) is 0 Å². The summed E-state index contributed by atoms with van der Waals surface area (Å²) in [6.07, 6.45) is 0. The second kappa shape index (κ2) is 5.19. The van der Waals surface area contributed by atoms with E-state index in [1.165, 1.54) is 5.01 Å². The Morgan fingerprint density at radius 1 is 1.60 bits per heavy atom. The molecule has 0 saturated heterocycles. The fourth-order valence-corrected chi connectivity index (χ4v) is 1.14. The van der Waals surface area contributed by atoms with Crippen LogP contribution in [0, 0.1) is 6.92 Å². The zero-order valence-electron chi connectivity index (χ0n) is 8.51. The number of hydrogen-bond donors (Lipinski definition) is 1. The highest BCUT2D eigenvalue weighted by Gasteiger charge is 2.01. The fourth-order valence-electron chi connectivity index (χ4n) is 1.06. The number of thiocarbonyl (C=S) groups is 1. The van der Waals surface area contributed by atoms with Gasteiger partial charge in [-0.25, -0.2) is 0 Å². The predicted molar refractivity (Wildman–Crippen MR) is 64.3 cm³/mol. The summed E-state index contributed by atoms with van der Waals surface area (Å²) in [7, 11) is 1.69. The number of nitrogens with one attached hydrogen (secondary N) is 1. The maximum Gasteiger partial charge on any atom is 0.184 e. The summed E-state index contributed by atoms with van der Waals surface area (Å²) in [5, 5.41) is 4.96. The first kappa shape index (κ1) is 11.3. The Bertz CT molecular complexity index is 411. The zero-order chi connectivity index (χ0) is 11.3. The van der Waals surface area contributed by atoms with Crippen LogP contribution in [-0.4, -0.2) is 17.2 Å². The van der Waals surface area contributed by atoms with E-state index in [9.17, 15) is 0 Å². The number of rotatable bonds is 2. The summed E-state index contributed by atoms with van der Waals surface area (Å²) in [5.41, 5.74) is 13.2. The number of hydrazine groups is 1. The van der Waals surface area contributed by atoms with Crippen molar-refractivity contribution >= 4 is 23.0 Å². The topological polar surface area (TPSA) is 64.0 Å². The van der Waals surface area contributed by atoms with Crippen LogP contribution in [0.5, 0.6) is 0 Å². The minimum Gasteiger partial charge on any atom is -0.298 e. The Morgan fingerprint density at radius 2 is 2.33 bits per heavy atom. The second-order valence-electron chi connectivity index (χ2n) is 3.01. The molecular formula is C9H11N5S. The van der Waals surface area contributed by atoms with Gasteiger partial charge in [0.25, 0.3) is 0 Å². The molecule has 15 heavy (non-hydrogen) atoms. The molecule has 5 nitrogen and oxygen atoms in total. The molecule has 1 rings (SSSR count). The van der Waals surface area contributed by atoms with Crippen LogP contribution in [0.3, 0.4) is 0 Å². The molecule has 1 N–H and O–H groups in total. The van der Waals surface area contributed by atoms with Gasteiger partial charge >= 0.3 is 0 Å². The predicted octanol–water partition coefficient (Wildman–Crippen LogP) is 2.85. The molecule has 0 saturated carbocycles. The number of benzene rings is 1. The lowest BCUT2D eigenvalue weighted by Crippen LogP contribution is -2.29. The first-order valence-electron chi connectivity index (χ1n) is 4.29. The molecule has 0 aliphatic heterocycles. The van der Waals surface area contributed by atoms with Crippen molar-refractivity contribution in [2.45, 2.75) is 6.92 Å². The summed E-state index contributed by atoms with van der Waals surface area (Å²) < 4.78 is 0. The molecule has 0 radical (unpaired) electrons. The molecule has 1 aromatic rings. The van der Waals surface area contributed by atoms with Gasteiger partial charge in [-0.05, 0) is 35.3 Å². The number of nitrogens with zero attached hydrogens (tertiary/aromatic N) is 4. The van der Waals surface area contributed by atoms with Gasteiger partial charge in [0.2, 0.25) is 0 Å². The lowest BCUT2D eigenvalue weighted by atomic mass is 10.2. The van der Waals surface area contributed by atoms with E-state index in [-0.39, 0.29) is 5.11 Å². The van der Waals surface area contributed by atoms with E-state index in [0.29, 0.717) is 0 Å². The van der Waals surface area contributed by atoms with Gasteiger partial charge in [-0.3, -0.25) is 10.4 Å². The molecule has 0 unspecified atom stereocenters. The van der Waals surface area contributed by atoms with E-state index in [2.05, 4.69) is 15.5 Å². The Hall–Kier alpha value is -1.78. The van der Waals surface area contributed by atoms with E-state index >= 15 is 0 Å². The van der Waals surface area contributed by atoms with Gasteiger partial charge in [0.15, 0.2) is 5.11 Å². The molecule has 0 bridgehead atoms. The van der Waals surface area contributed by atoms with Crippen LogP contribution in [-0.2, 0) is 0 Å². The highest BCUT2D eigenvalue weighted by molar-refractivity contribution is 7.80. The quantitative estimate of drug-likeness (QED) is 0.274. The molecule has 0 aromatic heterocycles. The van der Waals surface area contributed by atoms with E-state index in [0.717, 1.165) is 11.3 Å². The van der Waals surface area contributed by atoms with Crippen molar-refractivity contribution in [3.63, 3.8) is 0 Å². The summed E-state index contributed by atoms with van der Waals surface area (Å²) in [5.74, 6) is 0. The largest absolute Gasteiger partial charge is 0.298 e. The van der Waals surface area contributed by atoms with Gasteiger partial charge in [0.1, 0.15) is 0 Å². The van der Waals surface area contributed by atoms with Gasteiger partial charge in [-0.1, -0.05) is 24.4 Å². The van der Waals surface area contributed by atoms with Gasteiger partial charge in [0, 0.05) is 12.0 Å². The zero-order valence-corrected chi connectivity index (χ0v) is 9.32. The first-order valence-corrected chi connectivity index (χ1v) is 4.70. The average molecular weight is 221 g/mol. The molecule has 1 aromatic carbocycles.